The number of rotatable bonds is 4. The minimum absolute atomic E-state index is 0.0559. The zero-order chi connectivity index (χ0) is 13.8. The highest BCUT2D eigenvalue weighted by Gasteiger charge is 2.21. The lowest BCUT2D eigenvalue weighted by molar-refractivity contribution is 0.0883. The Morgan fingerprint density at radius 2 is 2.00 bits per heavy atom. The predicted octanol–water partition coefficient (Wildman–Crippen LogP) is 2.88. The van der Waals surface area contributed by atoms with Crippen molar-refractivity contribution in [2.24, 2.45) is 5.92 Å². The van der Waals surface area contributed by atoms with Crippen LogP contribution in [0.3, 0.4) is 0 Å². The van der Waals surface area contributed by atoms with Crippen molar-refractivity contribution in [2.75, 3.05) is 25.4 Å². The fraction of sp³-hybridized carbons (Fsp3) is 0.562. The summed E-state index contributed by atoms with van der Waals surface area (Å²) in [5.41, 5.74) is 8.25. The molecule has 19 heavy (non-hydrogen) atoms. The summed E-state index contributed by atoms with van der Waals surface area (Å²) in [6, 6.07) is 5.55. The number of carbonyl (C=O) groups is 1. The average Bonchev–Trinajstić information content (AvgIpc) is 2.39. The maximum atomic E-state index is 12.5. The predicted molar refractivity (Wildman–Crippen MR) is 79.4 cm³/mol. The van der Waals surface area contributed by atoms with Crippen LogP contribution in [0.15, 0.2) is 18.2 Å². The normalized spacial score (nSPS) is 18.2. The van der Waals surface area contributed by atoms with Gasteiger partial charge in [-0.25, -0.2) is 0 Å². The van der Waals surface area contributed by atoms with Crippen LogP contribution in [-0.2, 0) is 0 Å². The van der Waals surface area contributed by atoms with Crippen LogP contribution in [0.2, 0.25) is 0 Å². The highest BCUT2D eigenvalue weighted by Crippen LogP contribution is 2.18. The molecule has 1 atom stereocenters. The van der Waals surface area contributed by atoms with Crippen LogP contribution in [0, 0.1) is 12.8 Å². The van der Waals surface area contributed by atoms with Crippen LogP contribution >= 0.6 is 0 Å². The van der Waals surface area contributed by atoms with E-state index in [4.69, 9.17) is 5.73 Å². The topological polar surface area (TPSA) is 46.3 Å². The number of hydrogen-bond acceptors (Lipinski definition) is 3. The van der Waals surface area contributed by atoms with E-state index >= 15 is 0 Å². The first-order valence-corrected chi connectivity index (χ1v) is 7.20. The summed E-state index contributed by atoms with van der Waals surface area (Å²) in [6.07, 6.45) is 3.86. The molecule has 0 bridgehead atoms. The fourth-order valence-corrected chi connectivity index (χ4v) is 2.84. The summed E-state index contributed by atoms with van der Waals surface area (Å²) in [7, 11) is 0. The maximum Gasteiger partial charge on any atom is 0.167 e. The molecular weight excluding hydrogens is 236 g/mol. The van der Waals surface area contributed by atoms with Crippen molar-refractivity contribution >= 4 is 11.5 Å². The molecule has 104 valence electrons. The Labute approximate surface area is 115 Å². The molecule has 2 N–H and O–H groups in total. The standard InChI is InChI=1S/C16H24N2O/c1-12-10-14(17)6-7-15(12)16(19)13(2)11-18-8-4-3-5-9-18/h6-7,10,13H,3-5,8-9,11,17H2,1-2H3. The molecule has 1 aliphatic heterocycles. The third kappa shape index (κ3) is 3.57. The molecule has 1 aliphatic rings. The second-order valence-corrected chi connectivity index (χ2v) is 5.70. The quantitative estimate of drug-likeness (QED) is 0.669. The number of likely N-dealkylation sites (tertiary alicyclic amines) is 1. The summed E-state index contributed by atoms with van der Waals surface area (Å²) < 4.78 is 0. The van der Waals surface area contributed by atoms with E-state index in [-0.39, 0.29) is 11.7 Å². The van der Waals surface area contributed by atoms with Crippen LogP contribution in [0.25, 0.3) is 0 Å². The number of piperidine rings is 1. The van der Waals surface area contributed by atoms with Gasteiger partial charge >= 0.3 is 0 Å². The van der Waals surface area contributed by atoms with Gasteiger partial charge in [0.1, 0.15) is 0 Å². The molecule has 1 aromatic rings. The zero-order valence-corrected chi connectivity index (χ0v) is 12.0. The summed E-state index contributed by atoms with van der Waals surface area (Å²) in [5.74, 6) is 0.295. The Balaban J connectivity index is 2.01. The van der Waals surface area contributed by atoms with E-state index < -0.39 is 0 Å². The number of nitrogens with two attached hydrogens (primary N) is 1. The van der Waals surface area contributed by atoms with Gasteiger partial charge in [-0.05, 0) is 56.6 Å². The van der Waals surface area contributed by atoms with E-state index in [0.717, 1.165) is 36.4 Å². The zero-order valence-electron chi connectivity index (χ0n) is 12.0. The first-order chi connectivity index (χ1) is 9.08. The molecule has 3 nitrogen and oxygen atoms in total. The highest BCUT2D eigenvalue weighted by molar-refractivity contribution is 5.99. The van der Waals surface area contributed by atoms with Gasteiger partial charge in [-0.15, -0.1) is 0 Å². The van der Waals surface area contributed by atoms with Gasteiger partial charge in [0.2, 0.25) is 0 Å². The van der Waals surface area contributed by atoms with Crippen molar-refractivity contribution in [3.63, 3.8) is 0 Å². The van der Waals surface area contributed by atoms with Crippen molar-refractivity contribution in [1.82, 2.24) is 4.90 Å². The van der Waals surface area contributed by atoms with Crippen molar-refractivity contribution in [3.8, 4) is 0 Å². The smallest absolute Gasteiger partial charge is 0.167 e. The van der Waals surface area contributed by atoms with Crippen LogP contribution in [0.4, 0.5) is 5.69 Å². The highest BCUT2D eigenvalue weighted by atomic mass is 16.1. The van der Waals surface area contributed by atoms with Crippen LogP contribution in [0.5, 0.6) is 0 Å². The molecule has 0 spiro atoms. The lowest BCUT2D eigenvalue weighted by Gasteiger charge is -2.28. The molecule has 0 saturated carbocycles. The number of ketones is 1. The molecule has 0 radical (unpaired) electrons. The second kappa shape index (κ2) is 6.20. The van der Waals surface area contributed by atoms with Gasteiger partial charge < -0.3 is 10.6 Å². The van der Waals surface area contributed by atoms with Gasteiger partial charge in [0.25, 0.3) is 0 Å². The van der Waals surface area contributed by atoms with Crippen LogP contribution in [-0.4, -0.2) is 30.3 Å². The summed E-state index contributed by atoms with van der Waals surface area (Å²) in [4.78, 5) is 14.9. The fourth-order valence-electron chi connectivity index (χ4n) is 2.84. The Bertz CT molecular complexity index is 450. The van der Waals surface area contributed by atoms with Crippen LogP contribution in [0.1, 0.15) is 42.1 Å². The molecular formula is C16H24N2O. The third-order valence-electron chi connectivity index (χ3n) is 3.94. The van der Waals surface area contributed by atoms with E-state index in [1.54, 1.807) is 0 Å². The van der Waals surface area contributed by atoms with Crippen molar-refractivity contribution < 1.29 is 4.79 Å². The minimum atomic E-state index is 0.0559. The number of carbonyl (C=O) groups excluding carboxylic acids is 1. The Morgan fingerprint density at radius 3 is 2.63 bits per heavy atom. The molecule has 0 aliphatic carbocycles. The summed E-state index contributed by atoms with van der Waals surface area (Å²) >= 11 is 0. The molecule has 0 aromatic heterocycles. The number of anilines is 1. The lowest BCUT2D eigenvalue weighted by Crippen LogP contribution is -2.35. The molecule has 1 heterocycles. The molecule has 1 fully saturated rings. The largest absolute Gasteiger partial charge is 0.399 e. The van der Waals surface area contributed by atoms with E-state index in [2.05, 4.69) is 4.90 Å². The molecule has 1 aromatic carbocycles. The first kappa shape index (κ1) is 14.1. The summed E-state index contributed by atoms with van der Waals surface area (Å²) in [6.45, 7) is 7.14. The van der Waals surface area contributed by atoms with Crippen LogP contribution < -0.4 is 5.73 Å². The molecule has 3 heteroatoms. The third-order valence-corrected chi connectivity index (χ3v) is 3.94. The Hall–Kier alpha value is -1.35. The maximum absolute atomic E-state index is 12.5. The SMILES string of the molecule is Cc1cc(N)ccc1C(=O)C(C)CN1CCCCC1. The molecule has 0 amide bonds. The monoisotopic (exact) mass is 260 g/mol. The van der Waals surface area contributed by atoms with Gasteiger partial charge in [-0.2, -0.15) is 0 Å². The first-order valence-electron chi connectivity index (χ1n) is 7.20. The van der Waals surface area contributed by atoms with Gasteiger partial charge in [-0.1, -0.05) is 13.3 Å². The van der Waals surface area contributed by atoms with Crippen molar-refractivity contribution in [3.05, 3.63) is 29.3 Å². The Morgan fingerprint density at radius 1 is 1.32 bits per heavy atom. The number of nitrogen functional groups attached to an aromatic ring is 1. The lowest BCUT2D eigenvalue weighted by atomic mass is 9.94. The van der Waals surface area contributed by atoms with E-state index in [9.17, 15) is 4.79 Å². The van der Waals surface area contributed by atoms with Crippen molar-refractivity contribution in [2.45, 2.75) is 33.1 Å². The van der Waals surface area contributed by atoms with E-state index in [1.807, 2.05) is 32.0 Å². The van der Waals surface area contributed by atoms with Gasteiger partial charge in [0.15, 0.2) is 5.78 Å². The number of hydrogen-bond donors (Lipinski definition) is 1. The van der Waals surface area contributed by atoms with Gasteiger partial charge in [0, 0.05) is 23.7 Å². The molecule has 2 rings (SSSR count). The van der Waals surface area contributed by atoms with E-state index in [0.29, 0.717) is 0 Å². The summed E-state index contributed by atoms with van der Waals surface area (Å²) in [5, 5.41) is 0. The van der Waals surface area contributed by atoms with Gasteiger partial charge in [0.05, 0.1) is 0 Å². The number of aryl methyl sites for hydroxylation is 1. The van der Waals surface area contributed by atoms with E-state index in [1.165, 1.54) is 19.3 Å². The Kier molecular flexibility index (Phi) is 4.59. The number of Topliss-reactive ketones (excluding diaryl/α,β-unsaturated/α-hetero) is 1. The van der Waals surface area contributed by atoms with Gasteiger partial charge in [-0.3, -0.25) is 4.79 Å². The minimum Gasteiger partial charge on any atom is -0.399 e. The second-order valence-electron chi connectivity index (χ2n) is 5.70. The average molecular weight is 260 g/mol. The number of benzene rings is 1. The molecule has 1 saturated heterocycles. The molecule has 1 unspecified atom stereocenters. The van der Waals surface area contributed by atoms with Crippen molar-refractivity contribution in [1.29, 1.82) is 0 Å². The number of nitrogens with zero attached hydrogens (tertiary/aromatic N) is 1.